The van der Waals surface area contributed by atoms with E-state index in [4.69, 9.17) is 9.72 Å². The third-order valence-electron chi connectivity index (χ3n) is 7.69. The Balaban J connectivity index is 1.33. The van der Waals surface area contributed by atoms with Gasteiger partial charge >= 0.3 is 0 Å². The van der Waals surface area contributed by atoms with Gasteiger partial charge in [0.15, 0.2) is 5.16 Å². The standard InChI is InChI=1S/C25H33N3O3S/c1-15(21-13-17-9-10-18(21)12-17)26-23(29)16(2)32-25-27-22-8-4-3-7-20(22)24(30)28(25)14-19-6-5-11-31-19/h3-4,7-8,15-19,21H,5-6,9-14H2,1-2H3,(H,26,29). The first-order valence-corrected chi connectivity index (χ1v) is 13.0. The molecule has 6 nitrogen and oxygen atoms in total. The first-order chi connectivity index (χ1) is 15.5. The Bertz CT molecular complexity index is 1050. The topological polar surface area (TPSA) is 73.2 Å². The first kappa shape index (κ1) is 22.0. The van der Waals surface area contributed by atoms with E-state index >= 15 is 0 Å². The van der Waals surface area contributed by atoms with Gasteiger partial charge in [-0.15, -0.1) is 0 Å². The van der Waals surface area contributed by atoms with E-state index in [0.29, 0.717) is 28.5 Å². The molecule has 3 aliphatic rings. The molecule has 1 aromatic carbocycles. The van der Waals surface area contributed by atoms with Crippen LogP contribution in [-0.4, -0.2) is 39.5 Å². The van der Waals surface area contributed by atoms with Gasteiger partial charge in [-0.3, -0.25) is 14.2 Å². The van der Waals surface area contributed by atoms with Crippen molar-refractivity contribution in [2.75, 3.05) is 6.61 Å². The van der Waals surface area contributed by atoms with E-state index in [1.807, 2.05) is 31.2 Å². The Kier molecular flexibility index (Phi) is 6.30. The van der Waals surface area contributed by atoms with Crippen LogP contribution < -0.4 is 10.9 Å². The highest BCUT2D eigenvalue weighted by Crippen LogP contribution is 2.49. The summed E-state index contributed by atoms with van der Waals surface area (Å²) in [6.07, 6.45) is 7.26. The van der Waals surface area contributed by atoms with Gasteiger partial charge in [-0.05, 0) is 75.8 Å². The van der Waals surface area contributed by atoms with E-state index in [2.05, 4.69) is 12.2 Å². The van der Waals surface area contributed by atoms with Gasteiger partial charge in [0.05, 0.1) is 28.8 Å². The summed E-state index contributed by atoms with van der Waals surface area (Å²) in [6.45, 7) is 5.28. The molecule has 2 aliphatic carbocycles. The van der Waals surface area contributed by atoms with Crippen molar-refractivity contribution in [1.82, 2.24) is 14.9 Å². The van der Waals surface area contributed by atoms with E-state index in [-0.39, 0.29) is 28.9 Å². The van der Waals surface area contributed by atoms with Crippen LogP contribution in [0.2, 0.25) is 0 Å². The number of hydrogen-bond acceptors (Lipinski definition) is 5. The van der Waals surface area contributed by atoms with Gasteiger partial charge in [-0.2, -0.15) is 0 Å². The van der Waals surface area contributed by atoms with E-state index < -0.39 is 0 Å². The molecule has 0 spiro atoms. The summed E-state index contributed by atoms with van der Waals surface area (Å²) in [5.41, 5.74) is 0.614. The fourth-order valence-electron chi connectivity index (χ4n) is 5.96. The van der Waals surface area contributed by atoms with Crippen LogP contribution >= 0.6 is 11.8 Å². The van der Waals surface area contributed by atoms with Crippen molar-refractivity contribution in [3.05, 3.63) is 34.6 Å². The van der Waals surface area contributed by atoms with Gasteiger partial charge < -0.3 is 10.1 Å². The van der Waals surface area contributed by atoms with Gasteiger partial charge in [0, 0.05) is 12.6 Å². The molecule has 5 rings (SSSR count). The van der Waals surface area contributed by atoms with E-state index in [1.54, 1.807) is 4.57 Å². The first-order valence-electron chi connectivity index (χ1n) is 12.1. The van der Waals surface area contributed by atoms with Gasteiger partial charge in [0.1, 0.15) is 0 Å². The zero-order chi connectivity index (χ0) is 22.2. The van der Waals surface area contributed by atoms with Crippen molar-refractivity contribution >= 4 is 28.6 Å². The number of carbonyl (C=O) groups is 1. The van der Waals surface area contributed by atoms with Crippen LogP contribution in [0.3, 0.4) is 0 Å². The van der Waals surface area contributed by atoms with Crippen molar-refractivity contribution in [3.8, 4) is 0 Å². The van der Waals surface area contributed by atoms with Gasteiger partial charge in [0.2, 0.25) is 5.91 Å². The van der Waals surface area contributed by atoms with Crippen molar-refractivity contribution in [1.29, 1.82) is 0 Å². The molecule has 2 heterocycles. The third-order valence-corrected chi connectivity index (χ3v) is 8.78. The lowest BCUT2D eigenvalue weighted by Crippen LogP contribution is -2.43. The van der Waals surface area contributed by atoms with Crippen LogP contribution in [-0.2, 0) is 16.1 Å². The molecule has 7 heteroatoms. The van der Waals surface area contributed by atoms with Crippen LogP contribution in [0.5, 0.6) is 0 Å². The molecule has 2 bridgehead atoms. The van der Waals surface area contributed by atoms with Crippen LogP contribution in [0.1, 0.15) is 52.4 Å². The number of hydrogen-bond donors (Lipinski definition) is 1. The summed E-state index contributed by atoms with van der Waals surface area (Å²) in [5, 5.41) is 4.14. The molecule has 2 aromatic rings. The number of rotatable bonds is 7. The number of fused-ring (bicyclic) bond motifs is 3. The number of thioether (sulfide) groups is 1. The highest BCUT2D eigenvalue weighted by molar-refractivity contribution is 8.00. The average Bonchev–Trinajstić information content (AvgIpc) is 3.55. The van der Waals surface area contributed by atoms with Gasteiger partial charge in [-0.25, -0.2) is 4.98 Å². The molecular formula is C25H33N3O3S. The fraction of sp³-hybridized carbons (Fsp3) is 0.640. The summed E-state index contributed by atoms with van der Waals surface area (Å²) >= 11 is 1.37. The number of nitrogens with zero attached hydrogens (tertiary/aromatic N) is 2. The molecule has 0 radical (unpaired) electrons. The highest BCUT2D eigenvalue weighted by atomic mass is 32.2. The number of carbonyl (C=O) groups excluding carboxylic acids is 1. The Morgan fingerprint density at radius 1 is 1.25 bits per heavy atom. The lowest BCUT2D eigenvalue weighted by Gasteiger charge is -2.29. The van der Waals surface area contributed by atoms with Gasteiger partial charge in [-0.1, -0.05) is 30.3 Å². The molecule has 1 aromatic heterocycles. The Labute approximate surface area is 193 Å². The zero-order valence-corrected chi connectivity index (χ0v) is 19.8. The predicted molar refractivity (Wildman–Crippen MR) is 127 cm³/mol. The maximum Gasteiger partial charge on any atom is 0.262 e. The summed E-state index contributed by atoms with van der Waals surface area (Å²) in [5.74, 6) is 2.27. The second-order valence-electron chi connectivity index (χ2n) is 9.86. The molecule has 172 valence electrons. The normalized spacial score (nSPS) is 28.8. The van der Waals surface area contributed by atoms with Gasteiger partial charge in [0.25, 0.3) is 5.56 Å². The summed E-state index contributed by atoms with van der Waals surface area (Å²) in [4.78, 5) is 31.1. The van der Waals surface area contributed by atoms with Crippen molar-refractivity contribution in [3.63, 3.8) is 0 Å². The van der Waals surface area contributed by atoms with Crippen LogP contribution in [0.4, 0.5) is 0 Å². The number of benzene rings is 1. The Hall–Kier alpha value is -1.86. The SMILES string of the molecule is CC(Sc1nc2ccccc2c(=O)n1CC1CCCO1)C(=O)NC(C)C1CC2CCC1C2. The number of amides is 1. The zero-order valence-electron chi connectivity index (χ0n) is 19.0. The molecule has 6 unspecified atom stereocenters. The summed E-state index contributed by atoms with van der Waals surface area (Å²) < 4.78 is 7.50. The summed E-state index contributed by atoms with van der Waals surface area (Å²) in [6, 6.07) is 7.62. The molecule has 1 N–H and O–H groups in total. The number of ether oxygens (including phenoxy) is 1. The largest absolute Gasteiger partial charge is 0.376 e. The predicted octanol–water partition coefficient (Wildman–Crippen LogP) is 4.00. The third kappa shape index (κ3) is 4.34. The molecule has 2 saturated carbocycles. The Morgan fingerprint density at radius 2 is 2.09 bits per heavy atom. The minimum absolute atomic E-state index is 0.0244. The highest BCUT2D eigenvalue weighted by Gasteiger charge is 2.42. The summed E-state index contributed by atoms with van der Waals surface area (Å²) in [7, 11) is 0. The molecule has 6 atom stereocenters. The van der Waals surface area contributed by atoms with Crippen LogP contribution in [0, 0.1) is 17.8 Å². The van der Waals surface area contributed by atoms with Crippen molar-refractivity contribution in [2.45, 2.75) is 81.5 Å². The molecule has 3 fully saturated rings. The molecule has 1 saturated heterocycles. The quantitative estimate of drug-likeness (QED) is 0.505. The van der Waals surface area contributed by atoms with Crippen LogP contribution in [0.15, 0.2) is 34.2 Å². The smallest absolute Gasteiger partial charge is 0.262 e. The maximum absolute atomic E-state index is 13.3. The number of aromatic nitrogens is 2. The molecule has 1 aliphatic heterocycles. The fourth-order valence-corrected chi connectivity index (χ4v) is 6.88. The second-order valence-corrected chi connectivity index (χ2v) is 11.2. The number of nitrogens with one attached hydrogen (secondary N) is 1. The van der Waals surface area contributed by atoms with Crippen molar-refractivity contribution in [2.24, 2.45) is 17.8 Å². The van der Waals surface area contributed by atoms with Crippen LogP contribution in [0.25, 0.3) is 10.9 Å². The van der Waals surface area contributed by atoms with E-state index in [1.165, 1.54) is 37.4 Å². The molecule has 32 heavy (non-hydrogen) atoms. The monoisotopic (exact) mass is 455 g/mol. The average molecular weight is 456 g/mol. The van der Waals surface area contributed by atoms with E-state index in [9.17, 15) is 9.59 Å². The molecule has 1 amide bonds. The molecular weight excluding hydrogens is 422 g/mol. The lowest BCUT2D eigenvalue weighted by molar-refractivity contribution is -0.121. The second kappa shape index (κ2) is 9.18. The number of para-hydroxylation sites is 1. The van der Waals surface area contributed by atoms with E-state index in [0.717, 1.165) is 31.3 Å². The maximum atomic E-state index is 13.3. The minimum atomic E-state index is -0.333. The van der Waals surface area contributed by atoms with Crippen molar-refractivity contribution < 1.29 is 9.53 Å². The lowest BCUT2D eigenvalue weighted by atomic mass is 9.84. The minimum Gasteiger partial charge on any atom is -0.376 e. The Morgan fingerprint density at radius 3 is 2.81 bits per heavy atom.